The summed E-state index contributed by atoms with van der Waals surface area (Å²) < 4.78 is 91.2. The van der Waals surface area contributed by atoms with Gasteiger partial charge in [-0.15, -0.1) is 0 Å². The average molecular weight is 334 g/mol. The molecule has 0 spiro atoms. The third kappa shape index (κ3) is 155. The monoisotopic (exact) mass is 334 g/mol. The van der Waals surface area contributed by atoms with Crippen molar-refractivity contribution >= 4 is 30.9 Å². The third-order valence-corrected chi connectivity index (χ3v) is 1.56. The molecule has 0 bridgehead atoms. The van der Waals surface area contributed by atoms with Crippen molar-refractivity contribution in [2.75, 3.05) is 5.75 Å². The van der Waals surface area contributed by atoms with Gasteiger partial charge >= 0.3 is 20.8 Å². The normalized spacial score (nSPS) is 11.7. The molecule has 0 saturated carbocycles. The topological polar surface area (TPSA) is 204 Å². The highest BCUT2D eigenvalue weighted by atomic mass is 32.3. The van der Waals surface area contributed by atoms with Crippen LogP contribution in [0.4, 0.5) is 0 Å². The molecule has 0 aromatic heterocycles. The lowest BCUT2D eigenvalue weighted by Crippen LogP contribution is -2.02. The molecule has 0 fully saturated rings. The largest absolute Gasteiger partial charge is 0.394 e. The SMILES string of the molecule is CCCCS(=O)(=O)O.O=S(=O)(O)O.O=S(=O)(O)O. The van der Waals surface area contributed by atoms with Crippen molar-refractivity contribution in [2.45, 2.75) is 19.8 Å². The summed E-state index contributed by atoms with van der Waals surface area (Å²) in [7, 11) is -13.0. The molecule has 0 rings (SSSR count). The van der Waals surface area contributed by atoms with Crippen LogP contribution in [0.15, 0.2) is 0 Å². The molecule has 0 unspecified atom stereocenters. The van der Waals surface area contributed by atoms with Gasteiger partial charge in [0.25, 0.3) is 10.1 Å². The molecule has 0 aliphatic heterocycles. The Bertz CT molecular complexity index is 436. The van der Waals surface area contributed by atoms with Crippen molar-refractivity contribution in [3.8, 4) is 0 Å². The van der Waals surface area contributed by atoms with Crippen molar-refractivity contribution in [1.82, 2.24) is 0 Å². The number of hydrogen-bond donors (Lipinski definition) is 5. The standard InChI is InChI=1S/C4H10O3S.2H2O4S/c1-2-3-4-8(5,6)7;2*1-5(2,3)4/h2-4H2,1H3,(H,5,6,7);2*(H2,1,2,3,4). The van der Waals surface area contributed by atoms with E-state index in [1.54, 1.807) is 0 Å². The molecule has 114 valence electrons. The molecule has 11 nitrogen and oxygen atoms in total. The van der Waals surface area contributed by atoms with Crippen LogP contribution < -0.4 is 0 Å². The first-order valence-corrected chi connectivity index (χ1v) is 8.31. The van der Waals surface area contributed by atoms with Gasteiger partial charge in [0.15, 0.2) is 0 Å². The first-order chi connectivity index (χ1) is 7.56. The predicted molar refractivity (Wildman–Crippen MR) is 59.7 cm³/mol. The second-order valence-corrected chi connectivity index (χ2v) is 5.90. The van der Waals surface area contributed by atoms with Crippen molar-refractivity contribution in [2.24, 2.45) is 0 Å². The van der Waals surface area contributed by atoms with Crippen LogP contribution >= 0.6 is 0 Å². The van der Waals surface area contributed by atoms with Crippen LogP contribution in [0.25, 0.3) is 0 Å². The van der Waals surface area contributed by atoms with E-state index in [0.717, 1.165) is 6.42 Å². The highest BCUT2D eigenvalue weighted by molar-refractivity contribution is 7.85. The van der Waals surface area contributed by atoms with Gasteiger partial charge in [-0.05, 0) is 6.42 Å². The summed E-state index contributed by atoms with van der Waals surface area (Å²) in [4.78, 5) is 0. The summed E-state index contributed by atoms with van der Waals surface area (Å²) in [6.07, 6.45) is 1.33. The van der Waals surface area contributed by atoms with Gasteiger partial charge in [-0.3, -0.25) is 22.8 Å². The molecule has 0 amide bonds. The molecule has 0 aliphatic carbocycles. The molecule has 0 aromatic rings. The summed E-state index contributed by atoms with van der Waals surface area (Å²) in [6, 6.07) is 0. The van der Waals surface area contributed by atoms with Gasteiger partial charge in [-0.1, -0.05) is 13.3 Å². The van der Waals surface area contributed by atoms with E-state index < -0.39 is 30.9 Å². The minimum absolute atomic E-state index is 0.108. The fourth-order valence-corrected chi connectivity index (χ4v) is 0.980. The lowest BCUT2D eigenvalue weighted by Gasteiger charge is -1.90. The molecule has 0 aliphatic rings. The van der Waals surface area contributed by atoms with E-state index in [1.807, 2.05) is 6.92 Å². The van der Waals surface area contributed by atoms with E-state index in [9.17, 15) is 8.42 Å². The first kappa shape index (κ1) is 22.8. The van der Waals surface area contributed by atoms with Crippen molar-refractivity contribution in [3.05, 3.63) is 0 Å². The van der Waals surface area contributed by atoms with E-state index in [2.05, 4.69) is 0 Å². The van der Waals surface area contributed by atoms with E-state index >= 15 is 0 Å². The molecule has 0 heterocycles. The van der Waals surface area contributed by atoms with E-state index in [-0.39, 0.29) is 5.75 Å². The number of rotatable bonds is 3. The Hall–Kier alpha value is -0.350. The summed E-state index contributed by atoms with van der Waals surface area (Å²) in [5.74, 6) is -0.108. The molecule has 0 aromatic carbocycles. The number of unbranched alkanes of at least 4 members (excludes halogenated alkanes) is 1. The molecule has 0 saturated heterocycles. The zero-order valence-electron chi connectivity index (χ0n) is 9.03. The van der Waals surface area contributed by atoms with Gasteiger partial charge < -0.3 is 0 Å². The Morgan fingerprint density at radius 2 is 0.944 bits per heavy atom. The van der Waals surface area contributed by atoms with Crippen LogP contribution in [0, 0.1) is 0 Å². The summed E-state index contributed by atoms with van der Waals surface area (Å²) in [6.45, 7) is 1.87. The van der Waals surface area contributed by atoms with Crippen LogP contribution in [-0.2, 0) is 30.9 Å². The molecule has 0 atom stereocenters. The molecule has 18 heavy (non-hydrogen) atoms. The maximum atomic E-state index is 9.95. The Labute approximate surface area is 105 Å². The quantitative estimate of drug-likeness (QED) is 0.411. The predicted octanol–water partition coefficient (Wildman–Crippen LogP) is -0.631. The van der Waals surface area contributed by atoms with Crippen LogP contribution in [0.3, 0.4) is 0 Å². The highest BCUT2D eigenvalue weighted by Gasteiger charge is 2.00. The summed E-state index contributed by atoms with van der Waals surface area (Å²) in [5.41, 5.74) is 0. The third-order valence-electron chi connectivity index (χ3n) is 0.756. The summed E-state index contributed by atoms with van der Waals surface area (Å²) in [5, 5.41) is 0. The van der Waals surface area contributed by atoms with Gasteiger partial charge in [0.05, 0.1) is 5.75 Å². The minimum Gasteiger partial charge on any atom is -0.286 e. The zero-order valence-corrected chi connectivity index (χ0v) is 11.5. The highest BCUT2D eigenvalue weighted by Crippen LogP contribution is 1.90. The van der Waals surface area contributed by atoms with Gasteiger partial charge in [-0.25, -0.2) is 0 Å². The maximum Gasteiger partial charge on any atom is 0.394 e. The van der Waals surface area contributed by atoms with Gasteiger partial charge in [0.1, 0.15) is 0 Å². The Morgan fingerprint density at radius 1 is 0.722 bits per heavy atom. The Kier molecular flexibility index (Phi) is 12.1. The van der Waals surface area contributed by atoms with E-state index in [1.165, 1.54) is 0 Å². The fraction of sp³-hybridized carbons (Fsp3) is 1.00. The first-order valence-electron chi connectivity index (χ1n) is 3.91. The van der Waals surface area contributed by atoms with Gasteiger partial charge in [-0.2, -0.15) is 25.3 Å². The van der Waals surface area contributed by atoms with Crippen molar-refractivity contribution in [3.63, 3.8) is 0 Å². The minimum atomic E-state index is -4.67. The molecular formula is C4H14O11S3. The average Bonchev–Trinajstić information content (AvgIpc) is 1.92. The van der Waals surface area contributed by atoms with Crippen LogP contribution in [0.1, 0.15) is 19.8 Å². The maximum absolute atomic E-state index is 9.95. The van der Waals surface area contributed by atoms with Gasteiger partial charge in [0.2, 0.25) is 0 Å². The van der Waals surface area contributed by atoms with Crippen molar-refractivity contribution < 1.29 is 48.0 Å². The Balaban J connectivity index is -0.000000197. The zero-order chi connectivity index (χ0) is 15.6. The Morgan fingerprint density at radius 3 is 1.00 bits per heavy atom. The lowest BCUT2D eigenvalue weighted by atomic mass is 10.4. The molecule has 14 heteroatoms. The summed E-state index contributed by atoms with van der Waals surface area (Å²) >= 11 is 0. The second kappa shape index (κ2) is 9.56. The van der Waals surface area contributed by atoms with E-state index in [0.29, 0.717) is 6.42 Å². The van der Waals surface area contributed by atoms with E-state index in [4.69, 9.17) is 39.6 Å². The van der Waals surface area contributed by atoms with Crippen LogP contribution in [0.2, 0.25) is 0 Å². The number of hydrogen-bond acceptors (Lipinski definition) is 6. The molecular weight excluding hydrogens is 320 g/mol. The molecule has 0 radical (unpaired) electrons. The smallest absolute Gasteiger partial charge is 0.286 e. The molecule has 5 N–H and O–H groups in total. The van der Waals surface area contributed by atoms with Crippen molar-refractivity contribution in [1.29, 1.82) is 0 Å². The fourth-order valence-electron chi connectivity index (χ4n) is 0.327. The van der Waals surface area contributed by atoms with Crippen LogP contribution in [0.5, 0.6) is 0 Å². The lowest BCUT2D eigenvalue weighted by molar-refractivity contribution is 0.378. The second-order valence-electron chi connectivity index (χ2n) is 2.54. The van der Waals surface area contributed by atoms with Gasteiger partial charge in [0, 0.05) is 0 Å². The van der Waals surface area contributed by atoms with Crippen LogP contribution in [-0.4, -0.2) is 53.8 Å².